The number of rotatable bonds is 6. The van der Waals surface area contributed by atoms with Crippen LogP contribution in [0.15, 0.2) is 53.7 Å². The van der Waals surface area contributed by atoms with E-state index < -0.39 is 5.97 Å². The Morgan fingerprint density at radius 2 is 1.96 bits per heavy atom. The first-order chi connectivity index (χ1) is 11.1. The van der Waals surface area contributed by atoms with Gasteiger partial charge in [0.25, 0.3) is 5.91 Å². The van der Waals surface area contributed by atoms with Crippen molar-refractivity contribution in [3.8, 4) is 0 Å². The zero-order chi connectivity index (χ0) is 16.7. The van der Waals surface area contributed by atoms with Crippen LogP contribution >= 0.6 is 11.8 Å². The van der Waals surface area contributed by atoms with Crippen LogP contribution in [0.2, 0.25) is 0 Å². The van der Waals surface area contributed by atoms with E-state index in [1.54, 1.807) is 18.3 Å². The van der Waals surface area contributed by atoms with Gasteiger partial charge in [-0.2, -0.15) is 0 Å². The third kappa shape index (κ3) is 4.82. The molecule has 0 fully saturated rings. The average molecular weight is 330 g/mol. The van der Waals surface area contributed by atoms with Crippen molar-refractivity contribution in [2.24, 2.45) is 0 Å². The smallest absolute Gasteiger partial charge is 0.341 e. The average Bonchev–Trinajstić information content (AvgIpc) is 2.60. The summed E-state index contributed by atoms with van der Waals surface area (Å²) in [5, 5.41) is 3.37. The molecule has 6 heteroatoms. The molecule has 1 aromatic heterocycles. The fourth-order valence-electron chi connectivity index (χ4n) is 2.03. The van der Waals surface area contributed by atoms with Gasteiger partial charge in [-0.3, -0.25) is 4.79 Å². The summed E-state index contributed by atoms with van der Waals surface area (Å²) in [7, 11) is 0. The van der Waals surface area contributed by atoms with Crippen LogP contribution in [0.25, 0.3) is 0 Å². The van der Waals surface area contributed by atoms with E-state index in [-0.39, 0.29) is 18.6 Å². The number of ether oxygens (including phenoxy) is 1. The molecule has 0 aliphatic heterocycles. The number of hydrogen-bond acceptors (Lipinski definition) is 5. The van der Waals surface area contributed by atoms with E-state index in [1.807, 2.05) is 43.5 Å². The zero-order valence-electron chi connectivity index (χ0n) is 13.0. The molecule has 0 spiro atoms. The number of carbonyl (C=O) groups is 2. The summed E-state index contributed by atoms with van der Waals surface area (Å²) >= 11 is 1.35. The fourth-order valence-corrected chi connectivity index (χ4v) is 2.56. The Balaban J connectivity index is 1.88. The molecule has 2 rings (SSSR count). The van der Waals surface area contributed by atoms with Gasteiger partial charge in [-0.25, -0.2) is 9.78 Å². The van der Waals surface area contributed by atoms with Gasteiger partial charge in [-0.1, -0.05) is 30.3 Å². The Kier molecular flexibility index (Phi) is 6.17. The Morgan fingerprint density at radius 3 is 2.65 bits per heavy atom. The molecule has 120 valence electrons. The normalized spacial score (nSPS) is 11.6. The van der Waals surface area contributed by atoms with Gasteiger partial charge in [0.1, 0.15) is 5.03 Å². The number of nitrogens with zero attached hydrogens (tertiary/aromatic N) is 1. The standard InChI is InChI=1S/C17H18N2O3S/c1-12(13-7-4-3-5-8-13)19-15(20)11-22-17(21)14-9-6-10-18-16(14)23-2/h3-10,12H,11H2,1-2H3,(H,19,20)/t12-/m0/s1. The van der Waals surface area contributed by atoms with E-state index >= 15 is 0 Å². The second kappa shape index (κ2) is 8.33. The second-order valence-corrected chi connectivity index (χ2v) is 5.63. The molecular formula is C17H18N2O3S. The minimum absolute atomic E-state index is 0.150. The van der Waals surface area contributed by atoms with E-state index in [0.29, 0.717) is 10.6 Å². The zero-order valence-corrected chi connectivity index (χ0v) is 13.8. The molecule has 1 N–H and O–H groups in total. The van der Waals surface area contributed by atoms with Gasteiger partial charge in [0, 0.05) is 6.20 Å². The first-order valence-electron chi connectivity index (χ1n) is 7.12. The number of amides is 1. The number of benzene rings is 1. The molecule has 0 aliphatic rings. The maximum absolute atomic E-state index is 12.0. The maximum Gasteiger partial charge on any atom is 0.341 e. The largest absolute Gasteiger partial charge is 0.452 e. The van der Waals surface area contributed by atoms with Gasteiger partial charge in [0.05, 0.1) is 11.6 Å². The SMILES string of the molecule is CSc1ncccc1C(=O)OCC(=O)N[C@@H](C)c1ccccc1. The van der Waals surface area contributed by atoms with Crippen LogP contribution < -0.4 is 5.32 Å². The molecule has 0 aliphatic carbocycles. The Bertz CT molecular complexity index is 677. The highest BCUT2D eigenvalue weighted by Gasteiger charge is 2.16. The maximum atomic E-state index is 12.0. The highest BCUT2D eigenvalue weighted by atomic mass is 32.2. The number of esters is 1. The Labute approximate surface area is 139 Å². The van der Waals surface area contributed by atoms with E-state index in [4.69, 9.17) is 4.74 Å². The summed E-state index contributed by atoms with van der Waals surface area (Å²) in [6, 6.07) is 12.7. The Morgan fingerprint density at radius 1 is 1.22 bits per heavy atom. The van der Waals surface area contributed by atoms with Crippen molar-refractivity contribution < 1.29 is 14.3 Å². The van der Waals surface area contributed by atoms with Gasteiger partial charge in [-0.15, -0.1) is 11.8 Å². The predicted molar refractivity (Wildman–Crippen MR) is 89.3 cm³/mol. The molecule has 0 bridgehead atoms. The van der Waals surface area contributed by atoms with Crippen LogP contribution in [0.4, 0.5) is 0 Å². The Hall–Kier alpha value is -2.34. The minimum atomic E-state index is -0.551. The lowest BCUT2D eigenvalue weighted by Crippen LogP contribution is -2.31. The van der Waals surface area contributed by atoms with E-state index in [1.165, 1.54) is 11.8 Å². The second-order valence-electron chi connectivity index (χ2n) is 4.84. The highest BCUT2D eigenvalue weighted by molar-refractivity contribution is 7.98. The lowest BCUT2D eigenvalue weighted by Gasteiger charge is -2.14. The van der Waals surface area contributed by atoms with Gasteiger partial charge in [0.2, 0.25) is 0 Å². The molecule has 0 radical (unpaired) electrons. The van der Waals surface area contributed by atoms with Gasteiger partial charge in [0.15, 0.2) is 6.61 Å². The topological polar surface area (TPSA) is 68.3 Å². The predicted octanol–water partition coefficient (Wildman–Crippen LogP) is 2.84. The quantitative estimate of drug-likeness (QED) is 0.651. The van der Waals surface area contributed by atoms with E-state index in [9.17, 15) is 9.59 Å². The van der Waals surface area contributed by atoms with Crippen molar-refractivity contribution in [2.45, 2.75) is 18.0 Å². The van der Waals surface area contributed by atoms with Crippen LogP contribution in [0.5, 0.6) is 0 Å². The molecule has 1 amide bonds. The molecule has 1 atom stereocenters. The van der Waals surface area contributed by atoms with Crippen LogP contribution in [-0.2, 0) is 9.53 Å². The number of pyridine rings is 1. The first-order valence-corrected chi connectivity index (χ1v) is 8.34. The summed E-state index contributed by atoms with van der Waals surface area (Å²) in [6.45, 7) is 1.56. The van der Waals surface area contributed by atoms with Crippen LogP contribution in [0, 0.1) is 0 Å². The molecule has 0 unspecified atom stereocenters. The highest BCUT2D eigenvalue weighted by Crippen LogP contribution is 2.17. The first kappa shape index (κ1) is 17.0. The van der Waals surface area contributed by atoms with Crippen molar-refractivity contribution in [3.05, 3.63) is 59.8 Å². The number of carbonyl (C=O) groups excluding carboxylic acids is 2. The van der Waals surface area contributed by atoms with Gasteiger partial charge >= 0.3 is 5.97 Å². The van der Waals surface area contributed by atoms with Gasteiger partial charge < -0.3 is 10.1 Å². The third-order valence-electron chi connectivity index (χ3n) is 3.20. The number of nitrogens with one attached hydrogen (secondary N) is 1. The number of hydrogen-bond donors (Lipinski definition) is 1. The summed E-state index contributed by atoms with van der Waals surface area (Å²) in [4.78, 5) is 28.0. The summed E-state index contributed by atoms with van der Waals surface area (Å²) in [5.41, 5.74) is 1.35. The van der Waals surface area contributed by atoms with Crippen molar-refractivity contribution in [3.63, 3.8) is 0 Å². The molecule has 1 heterocycles. The van der Waals surface area contributed by atoms with E-state index in [0.717, 1.165) is 5.56 Å². The summed E-state index contributed by atoms with van der Waals surface area (Å²) in [6.07, 6.45) is 3.43. The lowest BCUT2D eigenvalue weighted by molar-refractivity contribution is -0.124. The summed E-state index contributed by atoms with van der Waals surface area (Å²) < 4.78 is 5.06. The number of thioether (sulfide) groups is 1. The molecule has 2 aromatic rings. The van der Waals surface area contributed by atoms with Crippen LogP contribution in [0.1, 0.15) is 28.9 Å². The number of aromatic nitrogens is 1. The van der Waals surface area contributed by atoms with Crippen LogP contribution in [-0.4, -0.2) is 29.7 Å². The molecule has 1 aromatic carbocycles. The molecule has 0 saturated heterocycles. The molecule has 23 heavy (non-hydrogen) atoms. The van der Waals surface area contributed by atoms with Crippen LogP contribution in [0.3, 0.4) is 0 Å². The lowest BCUT2D eigenvalue weighted by atomic mass is 10.1. The van der Waals surface area contributed by atoms with E-state index in [2.05, 4.69) is 10.3 Å². The third-order valence-corrected chi connectivity index (χ3v) is 3.91. The minimum Gasteiger partial charge on any atom is -0.452 e. The molecule has 0 saturated carbocycles. The van der Waals surface area contributed by atoms with Gasteiger partial charge in [-0.05, 0) is 30.9 Å². The van der Waals surface area contributed by atoms with Crippen molar-refractivity contribution >= 4 is 23.6 Å². The monoisotopic (exact) mass is 330 g/mol. The summed E-state index contributed by atoms with van der Waals surface area (Å²) in [5.74, 6) is -0.894. The van der Waals surface area contributed by atoms with Crippen molar-refractivity contribution in [2.75, 3.05) is 12.9 Å². The fraction of sp³-hybridized carbons (Fsp3) is 0.235. The molecule has 5 nitrogen and oxygen atoms in total. The molecular weight excluding hydrogens is 312 g/mol. The van der Waals surface area contributed by atoms with Crippen molar-refractivity contribution in [1.82, 2.24) is 10.3 Å². The van der Waals surface area contributed by atoms with Crippen molar-refractivity contribution in [1.29, 1.82) is 0 Å².